The minimum atomic E-state index is 0.478. The average Bonchev–Trinajstić information content (AvgIpc) is 2.42. The summed E-state index contributed by atoms with van der Waals surface area (Å²) < 4.78 is 0. The second kappa shape index (κ2) is 8.20. The van der Waals surface area contributed by atoms with Crippen molar-refractivity contribution < 1.29 is 0 Å². The van der Waals surface area contributed by atoms with E-state index in [9.17, 15) is 0 Å². The quantitative estimate of drug-likeness (QED) is 0.793. The normalized spacial score (nSPS) is 12.8. The molecule has 0 saturated heterocycles. The summed E-state index contributed by atoms with van der Waals surface area (Å²) in [5.74, 6) is 1.53. The van der Waals surface area contributed by atoms with Gasteiger partial charge in [0.2, 0.25) is 5.95 Å². The van der Waals surface area contributed by atoms with Crippen LogP contribution >= 0.6 is 0 Å². The molecule has 4 nitrogen and oxygen atoms in total. The third-order valence-corrected chi connectivity index (χ3v) is 3.66. The van der Waals surface area contributed by atoms with E-state index in [1.807, 2.05) is 6.20 Å². The lowest BCUT2D eigenvalue weighted by molar-refractivity contribution is 0.541. The number of aromatic nitrogens is 2. The summed E-state index contributed by atoms with van der Waals surface area (Å²) in [6, 6.07) is 0.478. The molecule has 0 spiro atoms. The molecule has 0 radical (unpaired) electrons. The molecule has 1 atom stereocenters. The Hall–Kier alpha value is -1.16. The van der Waals surface area contributed by atoms with Crippen LogP contribution in [0.15, 0.2) is 6.20 Å². The molecule has 1 aromatic rings. The van der Waals surface area contributed by atoms with Crippen molar-refractivity contribution in [3.05, 3.63) is 17.5 Å². The fourth-order valence-corrected chi connectivity index (χ4v) is 1.98. The maximum atomic E-state index is 4.68. The molecule has 1 unspecified atom stereocenters. The number of nitrogens with zero attached hydrogens (tertiary/aromatic N) is 3. The molecule has 0 aromatic carbocycles. The highest BCUT2D eigenvalue weighted by molar-refractivity contribution is 5.32. The van der Waals surface area contributed by atoms with Crippen molar-refractivity contribution in [1.82, 2.24) is 15.3 Å². The topological polar surface area (TPSA) is 41.1 Å². The lowest BCUT2D eigenvalue weighted by Gasteiger charge is -2.24. The van der Waals surface area contributed by atoms with E-state index in [2.05, 4.69) is 61.7 Å². The summed E-state index contributed by atoms with van der Waals surface area (Å²) >= 11 is 0. The Morgan fingerprint density at radius 1 is 1.25 bits per heavy atom. The predicted octanol–water partition coefficient (Wildman–Crippen LogP) is 3.16. The van der Waals surface area contributed by atoms with Crippen LogP contribution in [0.2, 0.25) is 0 Å². The number of anilines is 1. The second-order valence-electron chi connectivity index (χ2n) is 5.87. The van der Waals surface area contributed by atoms with Crippen molar-refractivity contribution in [3.63, 3.8) is 0 Å². The Balaban J connectivity index is 2.78. The van der Waals surface area contributed by atoms with Crippen molar-refractivity contribution in [2.24, 2.45) is 5.92 Å². The first kappa shape index (κ1) is 16.9. The van der Waals surface area contributed by atoms with Crippen LogP contribution in [0.4, 0.5) is 5.95 Å². The number of hydrogen-bond acceptors (Lipinski definition) is 4. The summed E-state index contributed by atoms with van der Waals surface area (Å²) in [6.45, 7) is 15.8. The third-order valence-electron chi connectivity index (χ3n) is 3.66. The highest BCUT2D eigenvalue weighted by Crippen LogP contribution is 2.14. The van der Waals surface area contributed by atoms with Crippen LogP contribution in [-0.4, -0.2) is 29.1 Å². The van der Waals surface area contributed by atoms with E-state index in [0.29, 0.717) is 12.0 Å². The van der Waals surface area contributed by atoms with Crippen LogP contribution in [0.3, 0.4) is 0 Å². The molecule has 1 rings (SSSR count). The fraction of sp³-hybridized carbons (Fsp3) is 0.750. The van der Waals surface area contributed by atoms with E-state index in [0.717, 1.165) is 31.3 Å². The Labute approximate surface area is 124 Å². The smallest absolute Gasteiger partial charge is 0.225 e. The molecule has 0 aliphatic heterocycles. The Kier molecular flexibility index (Phi) is 6.93. The standard InChI is InChI=1S/C16H30N4/c1-7-13(5)11-20(8-2)16-18-10-15(14(6)19-16)9-17-12(3)4/h10,12-13,17H,7-9,11H2,1-6H3. The molecule has 0 saturated carbocycles. The van der Waals surface area contributed by atoms with E-state index >= 15 is 0 Å². The Morgan fingerprint density at radius 2 is 1.95 bits per heavy atom. The predicted molar refractivity (Wildman–Crippen MR) is 86.1 cm³/mol. The third kappa shape index (κ3) is 5.08. The first-order valence-electron chi connectivity index (χ1n) is 7.78. The molecule has 0 aliphatic carbocycles. The first-order valence-corrected chi connectivity index (χ1v) is 7.78. The fourth-order valence-electron chi connectivity index (χ4n) is 1.98. The number of rotatable bonds is 8. The van der Waals surface area contributed by atoms with Crippen molar-refractivity contribution in [2.45, 2.75) is 60.5 Å². The van der Waals surface area contributed by atoms with Gasteiger partial charge in [0.15, 0.2) is 0 Å². The van der Waals surface area contributed by atoms with E-state index < -0.39 is 0 Å². The van der Waals surface area contributed by atoms with Gasteiger partial charge in [-0.25, -0.2) is 9.97 Å². The van der Waals surface area contributed by atoms with Crippen LogP contribution in [0, 0.1) is 12.8 Å². The average molecular weight is 278 g/mol. The summed E-state index contributed by atoms with van der Waals surface area (Å²) in [6.07, 6.45) is 3.15. The van der Waals surface area contributed by atoms with E-state index in [-0.39, 0.29) is 0 Å². The van der Waals surface area contributed by atoms with Crippen LogP contribution in [0.25, 0.3) is 0 Å². The van der Waals surface area contributed by atoms with Crippen LogP contribution in [0.1, 0.15) is 52.3 Å². The van der Waals surface area contributed by atoms with Crippen LogP contribution in [-0.2, 0) is 6.54 Å². The lowest BCUT2D eigenvalue weighted by atomic mass is 10.1. The van der Waals surface area contributed by atoms with Crippen molar-refractivity contribution in [3.8, 4) is 0 Å². The van der Waals surface area contributed by atoms with Gasteiger partial charge in [0.1, 0.15) is 0 Å². The zero-order valence-electron chi connectivity index (χ0n) is 13.9. The maximum Gasteiger partial charge on any atom is 0.225 e. The van der Waals surface area contributed by atoms with E-state index in [1.54, 1.807) is 0 Å². The minimum absolute atomic E-state index is 0.478. The molecule has 4 heteroatoms. The first-order chi connectivity index (χ1) is 9.47. The summed E-state index contributed by atoms with van der Waals surface area (Å²) in [5, 5.41) is 3.41. The summed E-state index contributed by atoms with van der Waals surface area (Å²) in [4.78, 5) is 11.5. The van der Waals surface area contributed by atoms with Gasteiger partial charge < -0.3 is 10.2 Å². The number of aryl methyl sites for hydroxylation is 1. The van der Waals surface area contributed by atoms with Crippen LogP contribution in [0.5, 0.6) is 0 Å². The maximum absolute atomic E-state index is 4.68. The highest BCUT2D eigenvalue weighted by Gasteiger charge is 2.12. The largest absolute Gasteiger partial charge is 0.341 e. The summed E-state index contributed by atoms with van der Waals surface area (Å²) in [5.41, 5.74) is 2.26. The minimum Gasteiger partial charge on any atom is -0.341 e. The monoisotopic (exact) mass is 278 g/mol. The van der Waals surface area contributed by atoms with E-state index in [4.69, 9.17) is 0 Å². The van der Waals surface area contributed by atoms with Crippen molar-refractivity contribution in [2.75, 3.05) is 18.0 Å². The van der Waals surface area contributed by atoms with Gasteiger partial charge in [-0.1, -0.05) is 34.1 Å². The Bertz CT molecular complexity index is 403. The van der Waals surface area contributed by atoms with Gasteiger partial charge in [0.05, 0.1) is 0 Å². The van der Waals surface area contributed by atoms with Gasteiger partial charge in [-0.3, -0.25) is 0 Å². The van der Waals surface area contributed by atoms with Gasteiger partial charge in [-0.05, 0) is 19.8 Å². The lowest BCUT2D eigenvalue weighted by Crippen LogP contribution is -2.30. The molecule has 1 heterocycles. The van der Waals surface area contributed by atoms with Gasteiger partial charge in [-0.2, -0.15) is 0 Å². The zero-order chi connectivity index (χ0) is 15.1. The zero-order valence-corrected chi connectivity index (χ0v) is 13.9. The van der Waals surface area contributed by atoms with Gasteiger partial charge in [0.25, 0.3) is 0 Å². The molecular formula is C16H30N4. The molecule has 0 bridgehead atoms. The SMILES string of the molecule is CCC(C)CN(CC)c1ncc(CNC(C)C)c(C)n1. The van der Waals surface area contributed by atoms with Gasteiger partial charge >= 0.3 is 0 Å². The molecular weight excluding hydrogens is 248 g/mol. The summed E-state index contributed by atoms with van der Waals surface area (Å²) in [7, 11) is 0. The van der Waals surface area contributed by atoms with Gasteiger partial charge in [0, 0.05) is 43.1 Å². The molecule has 114 valence electrons. The number of nitrogens with one attached hydrogen (secondary N) is 1. The highest BCUT2D eigenvalue weighted by atomic mass is 15.2. The van der Waals surface area contributed by atoms with Crippen molar-refractivity contribution >= 4 is 5.95 Å². The Morgan fingerprint density at radius 3 is 2.45 bits per heavy atom. The number of hydrogen-bond donors (Lipinski definition) is 1. The van der Waals surface area contributed by atoms with Crippen molar-refractivity contribution in [1.29, 1.82) is 0 Å². The van der Waals surface area contributed by atoms with Crippen LogP contribution < -0.4 is 10.2 Å². The molecule has 1 aromatic heterocycles. The molecule has 20 heavy (non-hydrogen) atoms. The van der Waals surface area contributed by atoms with E-state index in [1.165, 1.54) is 12.0 Å². The molecule has 0 amide bonds. The molecule has 1 N–H and O–H groups in total. The molecule has 0 fully saturated rings. The second-order valence-corrected chi connectivity index (χ2v) is 5.87. The van der Waals surface area contributed by atoms with Gasteiger partial charge in [-0.15, -0.1) is 0 Å². The molecule has 0 aliphatic rings.